The smallest absolute Gasteiger partial charge is 0.347 e. The molecule has 7 nitrogen and oxygen atoms in total. The highest BCUT2D eigenvalue weighted by Crippen LogP contribution is 2.50. The fraction of sp³-hybridized carbons (Fsp3) is 0.111. The van der Waals surface area contributed by atoms with Crippen molar-refractivity contribution in [3.05, 3.63) is 62.3 Å². The summed E-state index contributed by atoms with van der Waals surface area (Å²) in [4.78, 5) is 23.8. The maximum atomic E-state index is 12.4. The molecule has 0 aliphatic carbocycles. The Labute approximate surface area is 155 Å². The number of halogens is 1. The summed E-state index contributed by atoms with van der Waals surface area (Å²) in [5.41, 5.74) is 0.659. The molecule has 2 aliphatic heterocycles. The van der Waals surface area contributed by atoms with E-state index in [-0.39, 0.29) is 33.9 Å². The van der Waals surface area contributed by atoms with E-state index in [9.17, 15) is 24.9 Å². The summed E-state index contributed by atoms with van der Waals surface area (Å²) in [6, 6.07) is 5.72. The standard InChI is InChI=1S/C18H11BrO7/c1-6-5-8(20)11-12(13(6)19)15-16(26-18(11)24)14(21)10-7(17(22)23)3-2-4-9(10)25-15/h2-5,15,20-21H,1H3,(H,22,23). The summed E-state index contributed by atoms with van der Waals surface area (Å²) in [7, 11) is 0. The molecule has 2 heterocycles. The molecule has 8 heteroatoms. The molecule has 0 spiro atoms. The zero-order valence-corrected chi connectivity index (χ0v) is 14.8. The van der Waals surface area contributed by atoms with E-state index in [0.717, 1.165) is 0 Å². The van der Waals surface area contributed by atoms with Crippen LogP contribution in [0.15, 0.2) is 34.5 Å². The number of rotatable bonds is 1. The van der Waals surface area contributed by atoms with Crippen molar-refractivity contribution in [1.82, 2.24) is 0 Å². The second kappa shape index (κ2) is 5.50. The molecule has 26 heavy (non-hydrogen) atoms. The zero-order chi connectivity index (χ0) is 18.7. The van der Waals surface area contributed by atoms with Gasteiger partial charge in [-0.25, -0.2) is 9.59 Å². The van der Waals surface area contributed by atoms with Crippen molar-refractivity contribution in [2.75, 3.05) is 0 Å². The van der Waals surface area contributed by atoms with Gasteiger partial charge in [-0.3, -0.25) is 0 Å². The first-order valence-electron chi connectivity index (χ1n) is 7.51. The van der Waals surface area contributed by atoms with Crippen LogP contribution >= 0.6 is 15.9 Å². The molecule has 1 atom stereocenters. The Kier molecular flexibility index (Phi) is 3.48. The number of hydrogen-bond acceptors (Lipinski definition) is 6. The molecule has 0 saturated heterocycles. The minimum Gasteiger partial charge on any atom is -0.507 e. The van der Waals surface area contributed by atoms with Crippen molar-refractivity contribution >= 4 is 33.6 Å². The molecule has 0 bridgehead atoms. The molecular formula is C18H11BrO7. The van der Waals surface area contributed by atoms with E-state index < -0.39 is 23.8 Å². The third-order valence-corrected chi connectivity index (χ3v) is 5.39. The summed E-state index contributed by atoms with van der Waals surface area (Å²) < 4.78 is 11.6. The van der Waals surface area contributed by atoms with Gasteiger partial charge in [-0.1, -0.05) is 22.0 Å². The maximum Gasteiger partial charge on any atom is 0.347 e. The SMILES string of the molecule is Cc1cc(O)c2c(c1Br)C1Oc3cccc(C(=O)O)c3C(O)=C1OC2=O. The fourth-order valence-electron chi connectivity index (χ4n) is 3.18. The lowest BCUT2D eigenvalue weighted by atomic mass is 9.91. The van der Waals surface area contributed by atoms with Crippen LogP contribution in [-0.4, -0.2) is 27.3 Å². The van der Waals surface area contributed by atoms with Gasteiger partial charge in [0.15, 0.2) is 17.6 Å². The van der Waals surface area contributed by atoms with Crippen LogP contribution in [0.4, 0.5) is 0 Å². The second-order valence-corrected chi connectivity index (χ2v) is 6.69. The first kappa shape index (κ1) is 16.5. The van der Waals surface area contributed by atoms with E-state index in [4.69, 9.17) is 9.47 Å². The molecule has 0 amide bonds. The molecule has 1 unspecified atom stereocenters. The maximum absolute atomic E-state index is 12.4. The lowest BCUT2D eigenvalue weighted by molar-refractivity contribution is 0.0441. The summed E-state index contributed by atoms with van der Waals surface area (Å²) in [5.74, 6) is -2.95. The number of hydrogen-bond donors (Lipinski definition) is 3. The number of aliphatic hydroxyl groups is 1. The number of carbonyl (C=O) groups excluding carboxylic acids is 1. The van der Waals surface area contributed by atoms with Crippen LogP contribution in [0.3, 0.4) is 0 Å². The predicted octanol–water partition coefficient (Wildman–Crippen LogP) is 3.69. The first-order chi connectivity index (χ1) is 12.3. The number of phenolic OH excluding ortho intramolecular Hbond substituents is 1. The summed E-state index contributed by atoms with van der Waals surface area (Å²) in [6.45, 7) is 1.73. The molecular weight excluding hydrogens is 408 g/mol. The quantitative estimate of drug-likeness (QED) is 0.605. The van der Waals surface area contributed by atoms with Crippen LogP contribution in [0.1, 0.15) is 43.5 Å². The number of benzene rings is 2. The monoisotopic (exact) mass is 418 g/mol. The van der Waals surface area contributed by atoms with Crippen molar-refractivity contribution in [3.63, 3.8) is 0 Å². The van der Waals surface area contributed by atoms with Gasteiger partial charge in [-0.15, -0.1) is 0 Å². The number of carboxylic acid groups (broad SMARTS) is 1. The topological polar surface area (TPSA) is 113 Å². The highest BCUT2D eigenvalue weighted by atomic mass is 79.9. The van der Waals surface area contributed by atoms with Crippen LogP contribution in [0.25, 0.3) is 5.76 Å². The Balaban J connectivity index is 2.02. The number of esters is 1. The van der Waals surface area contributed by atoms with E-state index in [2.05, 4.69) is 15.9 Å². The van der Waals surface area contributed by atoms with Gasteiger partial charge in [0.2, 0.25) is 0 Å². The molecule has 0 saturated carbocycles. The van der Waals surface area contributed by atoms with E-state index >= 15 is 0 Å². The molecule has 0 aromatic heterocycles. The van der Waals surface area contributed by atoms with E-state index in [1.807, 2.05) is 0 Å². The van der Waals surface area contributed by atoms with Crippen LogP contribution in [0.2, 0.25) is 0 Å². The molecule has 3 N–H and O–H groups in total. The van der Waals surface area contributed by atoms with E-state index in [0.29, 0.717) is 15.6 Å². The number of aromatic hydroxyl groups is 1. The van der Waals surface area contributed by atoms with Gasteiger partial charge in [0.05, 0.1) is 11.1 Å². The first-order valence-corrected chi connectivity index (χ1v) is 8.31. The summed E-state index contributed by atoms with van der Waals surface area (Å²) in [5, 5.41) is 30.2. The number of aromatic carboxylic acids is 1. The zero-order valence-electron chi connectivity index (χ0n) is 13.2. The van der Waals surface area contributed by atoms with Crippen molar-refractivity contribution in [2.45, 2.75) is 13.0 Å². The van der Waals surface area contributed by atoms with Gasteiger partial charge in [0, 0.05) is 10.0 Å². The van der Waals surface area contributed by atoms with Crippen molar-refractivity contribution in [1.29, 1.82) is 0 Å². The Bertz CT molecular complexity index is 1040. The number of phenols is 1. The Hall–Kier alpha value is -3.00. The van der Waals surface area contributed by atoms with Crippen LogP contribution < -0.4 is 4.74 Å². The highest BCUT2D eigenvalue weighted by molar-refractivity contribution is 9.10. The van der Waals surface area contributed by atoms with E-state index in [1.165, 1.54) is 24.3 Å². The van der Waals surface area contributed by atoms with Crippen molar-refractivity contribution in [3.8, 4) is 11.5 Å². The van der Waals surface area contributed by atoms with Gasteiger partial charge >= 0.3 is 11.9 Å². The fourth-order valence-corrected chi connectivity index (χ4v) is 3.70. The lowest BCUT2D eigenvalue weighted by Gasteiger charge is -2.33. The highest BCUT2D eigenvalue weighted by Gasteiger charge is 2.43. The van der Waals surface area contributed by atoms with Crippen molar-refractivity contribution in [2.24, 2.45) is 0 Å². The molecule has 2 aromatic rings. The molecule has 0 fully saturated rings. The molecule has 2 aliphatic rings. The number of carbonyl (C=O) groups is 2. The Morgan fingerprint density at radius 1 is 1.23 bits per heavy atom. The van der Waals surface area contributed by atoms with Gasteiger partial charge in [-0.2, -0.15) is 0 Å². The van der Waals surface area contributed by atoms with Crippen LogP contribution in [-0.2, 0) is 4.74 Å². The molecule has 2 aromatic carbocycles. The van der Waals surface area contributed by atoms with E-state index in [1.54, 1.807) is 6.92 Å². The van der Waals surface area contributed by atoms with Gasteiger partial charge in [-0.05, 0) is 30.7 Å². The average molecular weight is 419 g/mol. The minimum absolute atomic E-state index is 0.0597. The Morgan fingerprint density at radius 2 is 1.96 bits per heavy atom. The third kappa shape index (κ3) is 2.12. The minimum atomic E-state index is -1.26. The number of aryl methyl sites for hydroxylation is 1. The lowest BCUT2D eigenvalue weighted by Crippen LogP contribution is -2.29. The average Bonchev–Trinajstić information content (AvgIpc) is 2.59. The van der Waals surface area contributed by atoms with Gasteiger partial charge < -0.3 is 24.8 Å². The number of fused-ring (bicyclic) bond motifs is 4. The van der Waals surface area contributed by atoms with Gasteiger partial charge in [0.1, 0.15) is 17.1 Å². The van der Waals surface area contributed by atoms with Crippen LogP contribution in [0, 0.1) is 6.92 Å². The second-order valence-electron chi connectivity index (χ2n) is 5.90. The summed E-state index contributed by atoms with van der Waals surface area (Å²) in [6.07, 6.45) is -1.01. The van der Waals surface area contributed by atoms with Gasteiger partial charge in [0.25, 0.3) is 0 Å². The molecule has 132 valence electrons. The normalized spacial score (nSPS) is 17.6. The third-order valence-electron chi connectivity index (χ3n) is 4.34. The largest absolute Gasteiger partial charge is 0.507 e. The predicted molar refractivity (Wildman–Crippen MR) is 92.3 cm³/mol. The molecule has 4 rings (SSSR count). The Morgan fingerprint density at radius 3 is 2.65 bits per heavy atom. The number of carboxylic acids is 1. The summed E-state index contributed by atoms with van der Waals surface area (Å²) >= 11 is 3.39. The molecule has 0 radical (unpaired) electrons. The number of ether oxygens (including phenoxy) is 2. The van der Waals surface area contributed by atoms with Crippen LogP contribution in [0.5, 0.6) is 11.5 Å². The van der Waals surface area contributed by atoms with Crippen molar-refractivity contribution < 1.29 is 34.4 Å². The number of aliphatic hydroxyl groups excluding tert-OH is 1.